The lowest BCUT2D eigenvalue weighted by molar-refractivity contribution is 0.478. The number of nitrogens with zero attached hydrogens (tertiary/aromatic N) is 1. The molecule has 14 heavy (non-hydrogen) atoms. The van der Waals surface area contributed by atoms with Gasteiger partial charge < -0.3 is 5.32 Å². The minimum Gasteiger partial charge on any atom is -0.315 e. The molecule has 0 amide bonds. The van der Waals surface area contributed by atoms with Crippen molar-refractivity contribution in [2.24, 2.45) is 5.92 Å². The second-order valence-corrected chi connectivity index (χ2v) is 5.15. The van der Waals surface area contributed by atoms with E-state index in [-0.39, 0.29) is 0 Å². The summed E-state index contributed by atoms with van der Waals surface area (Å²) >= 11 is 1.76. The van der Waals surface area contributed by atoms with Crippen LogP contribution in [0.4, 0.5) is 0 Å². The Morgan fingerprint density at radius 2 is 2.21 bits per heavy atom. The van der Waals surface area contributed by atoms with Gasteiger partial charge in [0.2, 0.25) is 0 Å². The van der Waals surface area contributed by atoms with Gasteiger partial charge in [0.1, 0.15) is 0 Å². The van der Waals surface area contributed by atoms with Gasteiger partial charge in [-0.3, -0.25) is 4.98 Å². The SMILES string of the molecule is CC(CCNC(C)C)Cc1cncs1. The quantitative estimate of drug-likeness (QED) is 0.784. The van der Waals surface area contributed by atoms with Crippen molar-refractivity contribution in [3.05, 3.63) is 16.6 Å². The zero-order valence-corrected chi connectivity index (χ0v) is 10.1. The topological polar surface area (TPSA) is 24.9 Å². The predicted molar refractivity (Wildman–Crippen MR) is 62.7 cm³/mol. The third-order valence-electron chi connectivity index (χ3n) is 2.22. The highest BCUT2D eigenvalue weighted by atomic mass is 32.1. The number of aromatic nitrogens is 1. The standard InChI is InChI=1S/C11H20N2S/c1-9(2)13-5-4-10(3)6-11-7-12-8-14-11/h7-10,13H,4-6H2,1-3H3. The largest absolute Gasteiger partial charge is 0.315 e. The van der Waals surface area contributed by atoms with E-state index >= 15 is 0 Å². The molecule has 0 saturated carbocycles. The molecule has 2 nitrogen and oxygen atoms in total. The Morgan fingerprint density at radius 3 is 2.79 bits per heavy atom. The minimum atomic E-state index is 0.602. The first-order valence-electron chi connectivity index (χ1n) is 5.29. The fraction of sp³-hybridized carbons (Fsp3) is 0.727. The van der Waals surface area contributed by atoms with Crippen LogP contribution in [-0.4, -0.2) is 17.6 Å². The van der Waals surface area contributed by atoms with Gasteiger partial charge in [0.25, 0.3) is 0 Å². The highest BCUT2D eigenvalue weighted by Crippen LogP contribution is 2.14. The number of hydrogen-bond donors (Lipinski definition) is 1. The number of nitrogens with one attached hydrogen (secondary N) is 1. The molecule has 1 aromatic heterocycles. The zero-order chi connectivity index (χ0) is 10.4. The molecule has 1 atom stereocenters. The molecule has 1 aromatic rings. The molecule has 0 aliphatic rings. The lowest BCUT2D eigenvalue weighted by Crippen LogP contribution is -2.25. The Kier molecular flexibility index (Phi) is 5.12. The van der Waals surface area contributed by atoms with Crippen LogP contribution >= 0.6 is 11.3 Å². The van der Waals surface area contributed by atoms with Gasteiger partial charge in [0.05, 0.1) is 5.51 Å². The molecule has 1 unspecified atom stereocenters. The van der Waals surface area contributed by atoms with E-state index < -0.39 is 0 Å². The Bertz CT molecular complexity index is 231. The summed E-state index contributed by atoms with van der Waals surface area (Å²) in [5.41, 5.74) is 1.91. The van der Waals surface area contributed by atoms with Crippen LogP contribution in [0.3, 0.4) is 0 Å². The molecule has 3 heteroatoms. The van der Waals surface area contributed by atoms with Gasteiger partial charge in [-0.15, -0.1) is 11.3 Å². The summed E-state index contributed by atoms with van der Waals surface area (Å²) in [6.07, 6.45) is 4.40. The van der Waals surface area contributed by atoms with Crippen molar-refractivity contribution in [1.82, 2.24) is 10.3 Å². The van der Waals surface area contributed by atoms with Gasteiger partial charge in [-0.25, -0.2) is 0 Å². The summed E-state index contributed by atoms with van der Waals surface area (Å²) in [6.45, 7) is 7.81. The van der Waals surface area contributed by atoms with Crippen molar-refractivity contribution in [2.45, 2.75) is 39.7 Å². The first-order chi connectivity index (χ1) is 6.68. The maximum Gasteiger partial charge on any atom is 0.0794 e. The van der Waals surface area contributed by atoms with Gasteiger partial charge in [-0.1, -0.05) is 20.8 Å². The number of thiazole rings is 1. The smallest absolute Gasteiger partial charge is 0.0794 e. The Balaban J connectivity index is 2.13. The van der Waals surface area contributed by atoms with Crippen molar-refractivity contribution in [2.75, 3.05) is 6.54 Å². The molecular formula is C11H20N2S. The van der Waals surface area contributed by atoms with E-state index in [2.05, 4.69) is 31.1 Å². The third kappa shape index (κ3) is 4.72. The van der Waals surface area contributed by atoms with Crippen molar-refractivity contribution < 1.29 is 0 Å². The number of rotatable bonds is 6. The Morgan fingerprint density at radius 1 is 1.43 bits per heavy atom. The van der Waals surface area contributed by atoms with Crippen molar-refractivity contribution in [1.29, 1.82) is 0 Å². The van der Waals surface area contributed by atoms with E-state index in [0.29, 0.717) is 6.04 Å². The van der Waals surface area contributed by atoms with Gasteiger partial charge in [0.15, 0.2) is 0 Å². The van der Waals surface area contributed by atoms with Crippen molar-refractivity contribution in [3.8, 4) is 0 Å². The second kappa shape index (κ2) is 6.14. The molecule has 0 spiro atoms. The monoisotopic (exact) mass is 212 g/mol. The van der Waals surface area contributed by atoms with Gasteiger partial charge in [-0.2, -0.15) is 0 Å². The van der Waals surface area contributed by atoms with E-state index in [1.165, 1.54) is 17.7 Å². The van der Waals surface area contributed by atoms with Crippen LogP contribution in [0.1, 0.15) is 32.1 Å². The summed E-state index contributed by atoms with van der Waals surface area (Å²) in [4.78, 5) is 5.49. The summed E-state index contributed by atoms with van der Waals surface area (Å²) < 4.78 is 0. The maximum atomic E-state index is 4.09. The number of hydrogen-bond acceptors (Lipinski definition) is 3. The van der Waals surface area contributed by atoms with E-state index in [1.54, 1.807) is 11.3 Å². The van der Waals surface area contributed by atoms with Crippen LogP contribution in [0.15, 0.2) is 11.7 Å². The highest BCUT2D eigenvalue weighted by molar-refractivity contribution is 7.09. The average molecular weight is 212 g/mol. The normalized spacial score (nSPS) is 13.4. The van der Waals surface area contributed by atoms with E-state index in [0.717, 1.165) is 12.5 Å². The molecule has 1 heterocycles. The van der Waals surface area contributed by atoms with Crippen molar-refractivity contribution in [3.63, 3.8) is 0 Å². The lowest BCUT2D eigenvalue weighted by Gasteiger charge is -2.12. The van der Waals surface area contributed by atoms with Crippen LogP contribution in [0.2, 0.25) is 0 Å². The molecular weight excluding hydrogens is 192 g/mol. The van der Waals surface area contributed by atoms with E-state index in [9.17, 15) is 0 Å². The van der Waals surface area contributed by atoms with Crippen LogP contribution in [0.5, 0.6) is 0 Å². The van der Waals surface area contributed by atoms with Crippen LogP contribution in [-0.2, 0) is 6.42 Å². The summed E-state index contributed by atoms with van der Waals surface area (Å²) in [5.74, 6) is 0.752. The summed E-state index contributed by atoms with van der Waals surface area (Å²) in [5, 5.41) is 3.44. The molecule has 0 fully saturated rings. The first kappa shape index (κ1) is 11.7. The molecule has 0 bridgehead atoms. The maximum absolute atomic E-state index is 4.09. The molecule has 0 aromatic carbocycles. The van der Waals surface area contributed by atoms with Crippen LogP contribution in [0, 0.1) is 5.92 Å². The molecule has 0 saturated heterocycles. The molecule has 1 N–H and O–H groups in total. The molecule has 80 valence electrons. The Labute approximate surface area is 90.8 Å². The highest BCUT2D eigenvalue weighted by Gasteiger charge is 2.04. The Hall–Kier alpha value is -0.410. The molecule has 0 radical (unpaired) electrons. The summed E-state index contributed by atoms with van der Waals surface area (Å²) in [6, 6.07) is 0.602. The predicted octanol–water partition coefficient (Wildman–Crippen LogP) is 2.71. The van der Waals surface area contributed by atoms with Crippen LogP contribution in [0.25, 0.3) is 0 Å². The second-order valence-electron chi connectivity index (χ2n) is 4.17. The van der Waals surface area contributed by atoms with Crippen LogP contribution < -0.4 is 5.32 Å². The van der Waals surface area contributed by atoms with E-state index in [4.69, 9.17) is 0 Å². The molecule has 0 aliphatic heterocycles. The molecule has 1 rings (SSSR count). The van der Waals surface area contributed by atoms with Gasteiger partial charge in [0, 0.05) is 17.1 Å². The zero-order valence-electron chi connectivity index (χ0n) is 9.29. The van der Waals surface area contributed by atoms with Gasteiger partial charge >= 0.3 is 0 Å². The van der Waals surface area contributed by atoms with Crippen molar-refractivity contribution >= 4 is 11.3 Å². The fourth-order valence-corrected chi connectivity index (χ4v) is 2.17. The molecule has 0 aliphatic carbocycles. The fourth-order valence-electron chi connectivity index (χ4n) is 1.41. The lowest BCUT2D eigenvalue weighted by atomic mass is 10.0. The van der Waals surface area contributed by atoms with Gasteiger partial charge in [-0.05, 0) is 25.3 Å². The van der Waals surface area contributed by atoms with E-state index in [1.807, 2.05) is 11.7 Å². The summed E-state index contributed by atoms with van der Waals surface area (Å²) in [7, 11) is 0. The average Bonchev–Trinajstić information content (AvgIpc) is 2.56. The minimum absolute atomic E-state index is 0.602. The first-order valence-corrected chi connectivity index (χ1v) is 6.17. The third-order valence-corrected chi connectivity index (χ3v) is 3.02.